The normalized spacial score (nSPS) is 13.4. The Bertz CT molecular complexity index is 1390. The summed E-state index contributed by atoms with van der Waals surface area (Å²) in [5.74, 6) is -4.73. The van der Waals surface area contributed by atoms with Crippen LogP contribution < -0.4 is 15.8 Å². The minimum Gasteiger partial charge on any atom is -0.497 e. The van der Waals surface area contributed by atoms with Crippen molar-refractivity contribution in [2.24, 2.45) is 5.73 Å². The summed E-state index contributed by atoms with van der Waals surface area (Å²) < 4.78 is 35.7. The minimum absolute atomic E-state index is 0.0237. The van der Waals surface area contributed by atoms with Gasteiger partial charge in [0, 0.05) is 24.1 Å². The maximum atomic E-state index is 13.6. The Morgan fingerprint density at radius 3 is 2.47 bits per heavy atom. The summed E-state index contributed by atoms with van der Waals surface area (Å²) in [5.41, 5.74) is 8.38. The maximum Gasteiger partial charge on any atom is 0.321 e. The van der Waals surface area contributed by atoms with Gasteiger partial charge in [0.1, 0.15) is 12.3 Å². The monoisotopic (exact) mass is 496 g/mol. The van der Waals surface area contributed by atoms with Crippen LogP contribution in [0, 0.1) is 0 Å². The maximum absolute atomic E-state index is 13.6. The number of hydrogen-bond donors (Lipinski definition) is 2. The van der Waals surface area contributed by atoms with Crippen molar-refractivity contribution in [1.82, 2.24) is 24.9 Å². The fourth-order valence-electron chi connectivity index (χ4n) is 4.07. The molecule has 2 amide bonds. The van der Waals surface area contributed by atoms with Crippen LogP contribution in [0.25, 0.3) is 22.0 Å². The molecule has 9 nitrogen and oxygen atoms in total. The lowest BCUT2D eigenvalue weighted by Gasteiger charge is -2.27. The molecule has 2 aromatic carbocycles. The number of ether oxygens (including phenoxy) is 1. The number of methoxy groups -OCH3 is 1. The van der Waals surface area contributed by atoms with E-state index in [1.165, 1.54) is 4.68 Å². The summed E-state index contributed by atoms with van der Waals surface area (Å²) in [6.07, 6.45) is 5.03. The number of rotatable bonds is 9. The van der Waals surface area contributed by atoms with Crippen LogP contribution in [0.2, 0.25) is 0 Å². The number of benzene rings is 2. The molecule has 0 spiro atoms. The van der Waals surface area contributed by atoms with Crippen LogP contribution in [0.15, 0.2) is 61.1 Å². The van der Waals surface area contributed by atoms with E-state index in [-0.39, 0.29) is 6.54 Å². The van der Waals surface area contributed by atoms with Gasteiger partial charge in [-0.25, -0.2) is 0 Å². The van der Waals surface area contributed by atoms with E-state index in [9.17, 15) is 18.4 Å². The molecule has 0 aliphatic carbocycles. The van der Waals surface area contributed by atoms with Crippen molar-refractivity contribution >= 4 is 22.7 Å². The molecular weight excluding hydrogens is 470 g/mol. The first-order valence-electron chi connectivity index (χ1n) is 11.2. The average Bonchev–Trinajstić information content (AvgIpc) is 3.45. The standard InChI is InChI=1S/C25H26F2N6O3/c1-15(31-24(35)25(2,26)27)23(16-4-7-20(36-3)8-5-16)33-21-9-6-17(10-18(21)11-30-33)19-12-29-32(13-19)14-22(28)34/h4-13,15,23H,14H2,1-3H3,(H2,28,34)(H,31,35)/t15-,23-/m0/s1. The van der Waals surface area contributed by atoms with Gasteiger partial charge in [-0.3, -0.25) is 19.0 Å². The predicted octanol–water partition coefficient (Wildman–Crippen LogP) is 3.14. The molecule has 0 unspecified atom stereocenters. The van der Waals surface area contributed by atoms with Gasteiger partial charge >= 0.3 is 5.92 Å². The van der Waals surface area contributed by atoms with Gasteiger partial charge in [0.2, 0.25) is 5.91 Å². The number of nitrogens with zero attached hydrogens (tertiary/aromatic N) is 4. The number of fused-ring (bicyclic) bond motifs is 1. The SMILES string of the molecule is COc1ccc([C@H]([C@H](C)NC(=O)C(C)(F)F)n2ncc3cc(-c4cnn(CC(N)=O)c4)ccc32)cc1. The van der Waals surface area contributed by atoms with Crippen molar-refractivity contribution in [3.63, 3.8) is 0 Å². The summed E-state index contributed by atoms with van der Waals surface area (Å²) in [4.78, 5) is 23.2. The first-order chi connectivity index (χ1) is 17.1. The van der Waals surface area contributed by atoms with Crippen molar-refractivity contribution in [3.05, 3.63) is 66.6 Å². The van der Waals surface area contributed by atoms with Gasteiger partial charge in [0.15, 0.2) is 0 Å². The number of halogens is 2. The summed E-state index contributed by atoms with van der Waals surface area (Å²) in [7, 11) is 1.55. The lowest BCUT2D eigenvalue weighted by molar-refractivity contribution is -0.143. The van der Waals surface area contributed by atoms with E-state index in [1.54, 1.807) is 49.4 Å². The molecule has 4 rings (SSSR count). The molecule has 3 N–H and O–H groups in total. The molecule has 11 heteroatoms. The van der Waals surface area contributed by atoms with Crippen LogP contribution >= 0.6 is 0 Å². The van der Waals surface area contributed by atoms with E-state index < -0.39 is 29.8 Å². The van der Waals surface area contributed by atoms with E-state index in [0.29, 0.717) is 12.7 Å². The molecule has 0 fully saturated rings. The topological polar surface area (TPSA) is 117 Å². The number of carbonyl (C=O) groups excluding carboxylic acids is 2. The first-order valence-corrected chi connectivity index (χ1v) is 11.2. The predicted molar refractivity (Wildman–Crippen MR) is 130 cm³/mol. The molecule has 0 aliphatic heterocycles. The Labute approximate surface area is 205 Å². The van der Waals surface area contributed by atoms with Crippen molar-refractivity contribution in [3.8, 4) is 16.9 Å². The third-order valence-electron chi connectivity index (χ3n) is 5.83. The highest BCUT2D eigenvalue weighted by Gasteiger charge is 2.35. The fraction of sp³-hybridized carbons (Fsp3) is 0.280. The van der Waals surface area contributed by atoms with Gasteiger partial charge in [-0.1, -0.05) is 18.2 Å². The van der Waals surface area contributed by atoms with Crippen LogP contribution in [-0.4, -0.2) is 50.4 Å². The zero-order chi connectivity index (χ0) is 26.0. The van der Waals surface area contributed by atoms with Gasteiger partial charge in [0.05, 0.1) is 37.1 Å². The van der Waals surface area contributed by atoms with Gasteiger partial charge < -0.3 is 15.8 Å². The smallest absolute Gasteiger partial charge is 0.321 e. The second-order valence-electron chi connectivity index (χ2n) is 8.62. The molecule has 36 heavy (non-hydrogen) atoms. The van der Waals surface area contributed by atoms with E-state index in [2.05, 4.69) is 15.5 Å². The van der Waals surface area contributed by atoms with Crippen molar-refractivity contribution in [2.75, 3.05) is 7.11 Å². The summed E-state index contributed by atoms with van der Waals surface area (Å²) in [6.45, 7) is 2.20. The summed E-state index contributed by atoms with van der Waals surface area (Å²) >= 11 is 0. The number of alkyl halides is 2. The summed E-state index contributed by atoms with van der Waals surface area (Å²) in [6, 6.07) is 11.5. The van der Waals surface area contributed by atoms with Crippen molar-refractivity contribution in [1.29, 1.82) is 0 Å². The number of nitrogens with one attached hydrogen (secondary N) is 1. The molecule has 188 valence electrons. The zero-order valence-corrected chi connectivity index (χ0v) is 20.0. The number of amides is 2. The van der Waals surface area contributed by atoms with E-state index in [0.717, 1.165) is 27.6 Å². The second-order valence-corrected chi connectivity index (χ2v) is 8.62. The quantitative estimate of drug-likeness (QED) is 0.369. The highest BCUT2D eigenvalue weighted by Crippen LogP contribution is 2.30. The third kappa shape index (κ3) is 5.19. The zero-order valence-electron chi connectivity index (χ0n) is 20.0. The minimum atomic E-state index is -3.52. The van der Waals surface area contributed by atoms with Crippen molar-refractivity contribution < 1.29 is 23.1 Å². The molecule has 0 saturated heterocycles. The van der Waals surface area contributed by atoms with Gasteiger partial charge in [0.25, 0.3) is 5.91 Å². The van der Waals surface area contributed by atoms with Gasteiger partial charge in [-0.15, -0.1) is 0 Å². The number of nitrogens with two attached hydrogens (primary N) is 1. The first kappa shape index (κ1) is 24.8. The molecule has 2 aromatic heterocycles. The van der Waals surface area contributed by atoms with Gasteiger partial charge in [-0.05, 0) is 42.3 Å². The number of carbonyl (C=O) groups is 2. The fourth-order valence-corrected chi connectivity index (χ4v) is 4.07. The van der Waals surface area contributed by atoms with E-state index >= 15 is 0 Å². The van der Waals surface area contributed by atoms with Crippen LogP contribution in [0.3, 0.4) is 0 Å². The second kappa shape index (κ2) is 9.76. The molecule has 2 atom stereocenters. The number of aromatic nitrogens is 4. The lowest BCUT2D eigenvalue weighted by Crippen LogP contribution is -2.46. The molecular formula is C25H26F2N6O3. The van der Waals surface area contributed by atoms with Crippen LogP contribution in [-0.2, 0) is 16.1 Å². The van der Waals surface area contributed by atoms with Crippen LogP contribution in [0.5, 0.6) is 5.75 Å². The van der Waals surface area contributed by atoms with Gasteiger partial charge in [-0.2, -0.15) is 19.0 Å². The molecule has 2 heterocycles. The van der Waals surface area contributed by atoms with E-state index in [1.807, 2.05) is 30.3 Å². The van der Waals surface area contributed by atoms with E-state index in [4.69, 9.17) is 10.5 Å². The Kier molecular flexibility index (Phi) is 6.73. The molecule has 0 radical (unpaired) electrons. The third-order valence-corrected chi connectivity index (χ3v) is 5.83. The molecule has 0 bridgehead atoms. The van der Waals surface area contributed by atoms with Crippen molar-refractivity contribution in [2.45, 2.75) is 38.4 Å². The number of hydrogen-bond acceptors (Lipinski definition) is 5. The Balaban J connectivity index is 1.72. The molecule has 4 aromatic rings. The average molecular weight is 497 g/mol. The Morgan fingerprint density at radius 1 is 1.11 bits per heavy atom. The number of primary amides is 1. The Morgan fingerprint density at radius 2 is 1.83 bits per heavy atom. The highest BCUT2D eigenvalue weighted by molar-refractivity contribution is 5.85. The Hall–Kier alpha value is -4.28. The summed E-state index contributed by atoms with van der Waals surface area (Å²) in [5, 5.41) is 11.9. The molecule has 0 saturated carbocycles. The van der Waals surface area contributed by atoms with Crippen LogP contribution in [0.1, 0.15) is 25.5 Å². The highest BCUT2D eigenvalue weighted by atomic mass is 19.3. The largest absolute Gasteiger partial charge is 0.497 e. The molecule has 0 aliphatic rings. The lowest BCUT2D eigenvalue weighted by atomic mass is 9.99. The van der Waals surface area contributed by atoms with Crippen LogP contribution in [0.4, 0.5) is 8.78 Å².